The Kier molecular flexibility index (Phi) is 5.87. The number of thiazole rings is 1. The summed E-state index contributed by atoms with van der Waals surface area (Å²) in [6.07, 6.45) is 0. The number of ether oxygens (including phenoxy) is 2. The molecular weight excluding hydrogens is 424 g/mol. The molecule has 2 aromatic carbocycles. The van der Waals surface area contributed by atoms with Crippen molar-refractivity contribution in [2.24, 2.45) is 0 Å². The third kappa shape index (κ3) is 3.85. The minimum Gasteiger partial charge on any atom is -0.493 e. The van der Waals surface area contributed by atoms with Crippen LogP contribution in [-0.2, 0) is 0 Å². The number of rotatable bonds is 4. The van der Waals surface area contributed by atoms with Crippen molar-refractivity contribution >= 4 is 50.0 Å². The lowest BCUT2D eigenvalue weighted by molar-refractivity contribution is 0.208. The van der Waals surface area contributed by atoms with Gasteiger partial charge in [0.2, 0.25) is 0 Å². The number of benzene rings is 2. The number of urea groups is 1. The number of aryl methyl sites for hydroxylation is 1. The third-order valence-electron chi connectivity index (χ3n) is 5.22. The van der Waals surface area contributed by atoms with E-state index in [0.29, 0.717) is 30.3 Å². The number of hydrogen-bond acceptors (Lipinski definition) is 6. The first-order valence-electron chi connectivity index (χ1n) is 9.59. The highest BCUT2D eigenvalue weighted by molar-refractivity contribution is 7.22. The van der Waals surface area contributed by atoms with Crippen molar-refractivity contribution in [2.45, 2.75) is 6.92 Å². The second-order valence-corrected chi connectivity index (χ2v) is 8.38. The van der Waals surface area contributed by atoms with Crippen LogP contribution in [0.2, 0.25) is 5.02 Å². The van der Waals surface area contributed by atoms with Crippen LogP contribution in [0.3, 0.4) is 0 Å². The Morgan fingerprint density at radius 2 is 1.90 bits per heavy atom. The number of methoxy groups -OCH3 is 2. The van der Waals surface area contributed by atoms with E-state index >= 15 is 0 Å². The Bertz CT molecular complexity index is 1080. The number of fused-ring (bicyclic) bond motifs is 1. The van der Waals surface area contributed by atoms with E-state index in [-0.39, 0.29) is 6.03 Å². The van der Waals surface area contributed by atoms with Gasteiger partial charge in [0.05, 0.1) is 30.1 Å². The predicted octanol–water partition coefficient (Wildman–Crippen LogP) is 4.63. The first kappa shape index (κ1) is 20.6. The van der Waals surface area contributed by atoms with Crippen LogP contribution in [0, 0.1) is 6.92 Å². The van der Waals surface area contributed by atoms with Crippen LogP contribution in [0.5, 0.6) is 11.5 Å². The minimum atomic E-state index is -0.159. The highest BCUT2D eigenvalue weighted by atomic mass is 35.5. The Morgan fingerprint density at radius 1 is 1.13 bits per heavy atom. The summed E-state index contributed by atoms with van der Waals surface area (Å²) in [5.74, 6) is 1.09. The summed E-state index contributed by atoms with van der Waals surface area (Å²) in [4.78, 5) is 21.6. The first-order valence-corrected chi connectivity index (χ1v) is 10.8. The largest absolute Gasteiger partial charge is 0.493 e. The van der Waals surface area contributed by atoms with Gasteiger partial charge in [-0.1, -0.05) is 29.0 Å². The number of hydrogen-bond donors (Lipinski definition) is 1. The maximum atomic E-state index is 12.8. The minimum absolute atomic E-state index is 0.159. The topological polar surface area (TPSA) is 66.9 Å². The van der Waals surface area contributed by atoms with E-state index in [4.69, 9.17) is 26.1 Å². The lowest BCUT2D eigenvalue weighted by Gasteiger charge is -2.34. The van der Waals surface area contributed by atoms with Gasteiger partial charge >= 0.3 is 6.03 Å². The molecule has 1 aliphatic rings. The summed E-state index contributed by atoms with van der Waals surface area (Å²) in [7, 11) is 3.12. The molecule has 0 radical (unpaired) electrons. The first-order chi connectivity index (χ1) is 14.5. The van der Waals surface area contributed by atoms with Gasteiger partial charge in [-0.25, -0.2) is 9.78 Å². The normalized spacial score (nSPS) is 14.1. The zero-order chi connectivity index (χ0) is 21.3. The molecule has 0 atom stereocenters. The monoisotopic (exact) mass is 446 g/mol. The van der Waals surface area contributed by atoms with Crippen LogP contribution in [-0.4, -0.2) is 56.3 Å². The fraction of sp³-hybridized carbons (Fsp3) is 0.333. The number of para-hydroxylation sites is 1. The molecular formula is C21H23ClN4O3S. The molecule has 0 bridgehead atoms. The fourth-order valence-corrected chi connectivity index (χ4v) is 4.73. The van der Waals surface area contributed by atoms with E-state index in [0.717, 1.165) is 39.0 Å². The van der Waals surface area contributed by atoms with Crippen molar-refractivity contribution in [1.29, 1.82) is 0 Å². The molecule has 0 unspecified atom stereocenters. The van der Waals surface area contributed by atoms with Crippen molar-refractivity contribution in [3.8, 4) is 11.5 Å². The smallest absolute Gasteiger partial charge is 0.322 e. The van der Waals surface area contributed by atoms with Gasteiger partial charge in [-0.3, -0.25) is 0 Å². The highest BCUT2D eigenvalue weighted by Gasteiger charge is 2.24. The van der Waals surface area contributed by atoms with E-state index in [2.05, 4.69) is 10.2 Å². The molecule has 1 fully saturated rings. The Hall–Kier alpha value is -2.71. The van der Waals surface area contributed by atoms with Crippen LogP contribution in [0.15, 0.2) is 30.3 Å². The van der Waals surface area contributed by atoms with Crippen molar-refractivity contribution in [3.63, 3.8) is 0 Å². The van der Waals surface area contributed by atoms with Crippen LogP contribution < -0.4 is 19.7 Å². The molecule has 1 aliphatic heterocycles. The average molecular weight is 447 g/mol. The molecule has 7 nitrogen and oxygen atoms in total. The third-order valence-corrected chi connectivity index (χ3v) is 6.71. The molecule has 0 spiro atoms. The van der Waals surface area contributed by atoms with Crippen LogP contribution in [0.1, 0.15) is 5.56 Å². The molecule has 0 saturated carbocycles. The highest BCUT2D eigenvalue weighted by Crippen LogP contribution is 2.35. The van der Waals surface area contributed by atoms with Crippen LogP contribution in [0.25, 0.3) is 10.2 Å². The number of piperazine rings is 1. The molecule has 3 aromatic rings. The average Bonchev–Trinajstić information content (AvgIpc) is 3.21. The fourth-order valence-electron chi connectivity index (χ4n) is 3.50. The molecule has 2 heterocycles. The second kappa shape index (κ2) is 8.57. The molecule has 1 saturated heterocycles. The molecule has 30 heavy (non-hydrogen) atoms. The maximum Gasteiger partial charge on any atom is 0.322 e. The van der Waals surface area contributed by atoms with E-state index < -0.39 is 0 Å². The number of aromatic nitrogens is 1. The number of nitrogens with zero attached hydrogens (tertiary/aromatic N) is 3. The van der Waals surface area contributed by atoms with Gasteiger partial charge in [0.1, 0.15) is 0 Å². The van der Waals surface area contributed by atoms with Gasteiger partial charge in [0, 0.05) is 31.2 Å². The van der Waals surface area contributed by atoms with Gasteiger partial charge < -0.3 is 24.6 Å². The van der Waals surface area contributed by atoms with Gasteiger partial charge in [-0.05, 0) is 36.8 Å². The lowest BCUT2D eigenvalue weighted by atomic mass is 10.2. The number of amides is 2. The summed E-state index contributed by atoms with van der Waals surface area (Å²) in [6, 6.07) is 9.17. The van der Waals surface area contributed by atoms with Gasteiger partial charge in [0.25, 0.3) is 0 Å². The maximum absolute atomic E-state index is 12.8. The van der Waals surface area contributed by atoms with Crippen LogP contribution in [0.4, 0.5) is 15.6 Å². The van der Waals surface area contributed by atoms with Crippen molar-refractivity contribution in [1.82, 2.24) is 9.88 Å². The van der Waals surface area contributed by atoms with Crippen LogP contribution >= 0.6 is 22.9 Å². The SMILES string of the molecule is COc1cccc(NC(=O)N2CCN(c3nc4c(C)c(Cl)ccc4s3)CC2)c1OC. The van der Waals surface area contributed by atoms with E-state index in [1.54, 1.807) is 42.6 Å². The number of anilines is 2. The summed E-state index contributed by atoms with van der Waals surface area (Å²) in [6.45, 7) is 4.63. The zero-order valence-electron chi connectivity index (χ0n) is 17.1. The quantitative estimate of drug-likeness (QED) is 0.632. The van der Waals surface area contributed by atoms with Crippen molar-refractivity contribution in [2.75, 3.05) is 50.6 Å². The van der Waals surface area contributed by atoms with Gasteiger partial charge in [-0.2, -0.15) is 0 Å². The van der Waals surface area contributed by atoms with E-state index in [9.17, 15) is 4.79 Å². The predicted molar refractivity (Wildman–Crippen MR) is 122 cm³/mol. The number of nitrogens with one attached hydrogen (secondary N) is 1. The van der Waals surface area contributed by atoms with Gasteiger partial charge in [0.15, 0.2) is 16.6 Å². The molecule has 158 valence electrons. The zero-order valence-corrected chi connectivity index (χ0v) is 18.6. The summed E-state index contributed by atoms with van der Waals surface area (Å²) in [5.41, 5.74) is 2.54. The molecule has 0 aliphatic carbocycles. The van der Waals surface area contributed by atoms with Crippen molar-refractivity contribution < 1.29 is 14.3 Å². The molecule has 2 amide bonds. The Balaban J connectivity index is 1.42. The molecule has 9 heteroatoms. The Morgan fingerprint density at radius 3 is 2.60 bits per heavy atom. The van der Waals surface area contributed by atoms with Gasteiger partial charge in [-0.15, -0.1) is 0 Å². The van der Waals surface area contributed by atoms with E-state index in [1.165, 1.54) is 0 Å². The Labute approximate surface area is 184 Å². The summed E-state index contributed by atoms with van der Waals surface area (Å²) in [5, 5.41) is 4.62. The summed E-state index contributed by atoms with van der Waals surface area (Å²) >= 11 is 7.88. The molecule has 4 rings (SSSR count). The number of carbonyl (C=O) groups is 1. The second-order valence-electron chi connectivity index (χ2n) is 6.96. The molecule has 1 aromatic heterocycles. The van der Waals surface area contributed by atoms with Crippen molar-refractivity contribution in [3.05, 3.63) is 40.9 Å². The number of halogens is 1. The summed E-state index contributed by atoms with van der Waals surface area (Å²) < 4.78 is 11.8. The lowest BCUT2D eigenvalue weighted by Crippen LogP contribution is -2.50. The standard InChI is InChI=1S/C21H23ClN4O3S/c1-13-14(22)7-8-17-18(13)24-21(30-17)26-11-9-25(10-12-26)20(27)23-15-5-4-6-16(28-2)19(15)29-3/h4-8H,9-12H2,1-3H3,(H,23,27). The number of carbonyl (C=O) groups excluding carboxylic acids is 1. The van der Waals surface area contributed by atoms with E-state index in [1.807, 2.05) is 25.1 Å². The molecule has 1 N–H and O–H groups in total.